The van der Waals surface area contributed by atoms with Crippen molar-refractivity contribution in [3.8, 4) is 0 Å². The Morgan fingerprint density at radius 2 is 0.762 bits per heavy atom. The summed E-state index contributed by atoms with van der Waals surface area (Å²) in [6, 6.07) is 0. The van der Waals surface area contributed by atoms with Gasteiger partial charge >= 0.3 is 0 Å². The minimum atomic E-state index is 0.351. The fourth-order valence-corrected chi connectivity index (χ4v) is 23.9. The molecule has 18 aliphatic carbocycles. The van der Waals surface area contributed by atoms with Crippen molar-refractivity contribution < 1.29 is 42.6 Å². The molecule has 16 bridgehead atoms. The second-order valence-electron chi connectivity index (χ2n) is 38.1. The van der Waals surface area contributed by atoms with Crippen molar-refractivity contribution in [2.45, 2.75) is 379 Å². The molecular weight excluding hydrogens is 1250 g/mol. The lowest BCUT2D eigenvalue weighted by Crippen LogP contribution is -2.51. The van der Waals surface area contributed by atoms with Gasteiger partial charge < -0.3 is 42.6 Å². The Balaban J connectivity index is 0.000000181. The van der Waals surface area contributed by atoms with Gasteiger partial charge in [0.05, 0.1) is 48.8 Å². The lowest BCUT2D eigenvalue weighted by atomic mass is 9.50. The van der Waals surface area contributed by atoms with Gasteiger partial charge in [0.15, 0.2) is 0 Å². The molecule has 18 saturated carbocycles. The summed E-state index contributed by atoms with van der Waals surface area (Å²) in [4.78, 5) is 0. The van der Waals surface area contributed by atoms with Gasteiger partial charge in [0, 0.05) is 67.6 Å². The Bertz CT molecular complexity index is 1970. The summed E-state index contributed by atoms with van der Waals surface area (Å²) < 4.78 is 49.7. The predicted molar refractivity (Wildman–Crippen MR) is 427 cm³/mol. The Morgan fingerprint density at radius 1 is 0.337 bits per heavy atom. The first-order chi connectivity index (χ1) is 48.4. The van der Waals surface area contributed by atoms with E-state index in [1.54, 1.807) is 53.4 Å². The van der Waals surface area contributed by atoms with Gasteiger partial charge in [-0.25, -0.2) is 0 Å². The van der Waals surface area contributed by atoms with Crippen LogP contribution < -0.4 is 0 Å². The Hall–Kier alpha value is -0.360. The lowest BCUT2D eigenvalue weighted by molar-refractivity contribution is -0.159. The normalized spacial score (nSPS) is 37.8. The standard InChI is InChI=1S/C14H26O.2C13H22O.2C12H20O.C8H18O.2C7H16O.C6H14O/c1-2-15-14-10-6-9-13(11-14)12-7-4-3-5-8-12;1-2-14-9-13-6-10-3-11(7-13)5-12(4-10)8-13;1-2-14-8-13-11-4-9-3-10(6-11)7-12(13)5-9;1-2-13-12-6-9-3-10(7-12)5-11(4-9)8-12;1-2-13-12-10-4-8-3-9(6-10)7-11(12)5-8;1-6(2)7(3)8(4)9-5;1-5-6(2)7(3)8-4;1-5-8-7(4)6(2)3;1-5(2)6(3)7-4/h12-14H,2-11H2,1H3;10-12H,2-9H2,1H3;9-13H,2-8H2,1H3;9-11H,2-8H2,1H3;8-12H,2-7H2,1H3;6-8H,1-5H3;2*6-7H,5H2,1-4H3;5-6H,1-4H3. The predicted octanol–water partition coefficient (Wildman–Crippen LogP) is 24.5. The average molecular weight is 1420 g/mol. The first-order valence-corrected chi connectivity index (χ1v) is 44.6. The smallest absolute Gasteiger partial charge is 0.0690 e. The SMILES string of the molecule is CCC(C)C(C)OC.CCOC(C)C(C)C.CCOC12CC3CC(CC(C3)C1)C2.CCOC1C2CC3CC(C2)CC1C3.CCOC1CCCC(C2CCCCC2)C1.CCOCC12CC3CC(CC(C3)C1)C2.CCOCC1C2CC3CC(C2)CC1C3.COC(C)C(C)C.COC(C)C(C)C(C)C. The van der Waals surface area contributed by atoms with E-state index in [0.717, 1.165) is 159 Å². The van der Waals surface area contributed by atoms with E-state index in [4.69, 9.17) is 42.6 Å². The second-order valence-corrected chi connectivity index (χ2v) is 38.1. The monoisotopic (exact) mass is 1420 g/mol. The molecule has 0 radical (unpaired) electrons. The zero-order valence-electron chi connectivity index (χ0n) is 71.1. The highest BCUT2D eigenvalue weighted by Crippen LogP contribution is 2.61. The summed E-state index contributed by atoms with van der Waals surface area (Å²) in [5, 5.41) is 0. The van der Waals surface area contributed by atoms with Gasteiger partial charge in [-0.05, 0) is 365 Å². The molecular formula is C92H174O9. The van der Waals surface area contributed by atoms with Gasteiger partial charge in [0.25, 0.3) is 0 Å². The van der Waals surface area contributed by atoms with Gasteiger partial charge in [-0.2, -0.15) is 0 Å². The van der Waals surface area contributed by atoms with Crippen LogP contribution >= 0.6 is 0 Å². The Labute approximate surface area is 628 Å². The maximum Gasteiger partial charge on any atom is 0.0690 e. The minimum absolute atomic E-state index is 0.351. The molecule has 9 nitrogen and oxygen atoms in total. The van der Waals surface area contributed by atoms with Crippen LogP contribution in [-0.2, 0) is 42.6 Å². The van der Waals surface area contributed by atoms with Gasteiger partial charge in [-0.3, -0.25) is 0 Å². The highest BCUT2D eigenvalue weighted by atomic mass is 16.5. The fourth-order valence-electron chi connectivity index (χ4n) is 23.9. The topological polar surface area (TPSA) is 83.1 Å². The number of ether oxygens (including phenoxy) is 9. The van der Waals surface area contributed by atoms with E-state index < -0.39 is 0 Å². The van der Waals surface area contributed by atoms with Crippen LogP contribution in [0.25, 0.3) is 0 Å². The summed E-state index contributed by atoms with van der Waals surface area (Å²) in [7, 11) is 5.27. The van der Waals surface area contributed by atoms with Crippen molar-refractivity contribution in [3.05, 3.63) is 0 Å². The Kier molecular flexibility index (Phi) is 41.1. The van der Waals surface area contributed by atoms with Crippen molar-refractivity contribution in [1.29, 1.82) is 0 Å². The van der Waals surface area contributed by atoms with Crippen LogP contribution in [0.2, 0.25) is 0 Å². The molecule has 0 aromatic carbocycles. The number of rotatable bonds is 24. The average Bonchev–Trinajstić information content (AvgIpc) is 0.785. The molecule has 0 saturated heterocycles. The highest BCUT2D eigenvalue weighted by molar-refractivity contribution is 5.04. The molecule has 0 aromatic heterocycles. The second kappa shape index (κ2) is 46.3. The first-order valence-electron chi connectivity index (χ1n) is 44.6. The summed E-state index contributed by atoms with van der Waals surface area (Å²) in [5.74, 6) is 21.0. The van der Waals surface area contributed by atoms with E-state index in [0.29, 0.717) is 71.3 Å². The maximum absolute atomic E-state index is 6.04. The molecule has 18 rings (SSSR count). The van der Waals surface area contributed by atoms with Crippen molar-refractivity contribution in [2.24, 2.45) is 136 Å². The van der Waals surface area contributed by atoms with Crippen molar-refractivity contribution in [3.63, 3.8) is 0 Å². The summed E-state index contributed by atoms with van der Waals surface area (Å²) in [5.41, 5.74) is 0.980. The van der Waals surface area contributed by atoms with E-state index >= 15 is 0 Å². The minimum Gasteiger partial charge on any atom is -0.381 e. The van der Waals surface area contributed by atoms with E-state index in [9.17, 15) is 0 Å². The molecule has 0 N–H and O–H groups in total. The van der Waals surface area contributed by atoms with Crippen LogP contribution in [0.1, 0.15) is 337 Å². The summed E-state index contributed by atoms with van der Waals surface area (Å²) in [6.07, 6.45) is 50.1. The summed E-state index contributed by atoms with van der Waals surface area (Å²) in [6.45, 7) is 48.3. The molecule has 101 heavy (non-hydrogen) atoms. The highest BCUT2D eigenvalue weighted by Gasteiger charge is 2.53. The molecule has 0 aromatic rings. The fraction of sp³-hybridized carbons (Fsp3) is 1.00. The van der Waals surface area contributed by atoms with Crippen molar-refractivity contribution in [1.82, 2.24) is 0 Å². The van der Waals surface area contributed by atoms with Crippen LogP contribution in [0.5, 0.6) is 0 Å². The number of hydrogen-bond acceptors (Lipinski definition) is 9. The van der Waals surface area contributed by atoms with Crippen LogP contribution in [0, 0.1) is 136 Å². The first kappa shape index (κ1) is 89.5. The van der Waals surface area contributed by atoms with Crippen LogP contribution in [0.3, 0.4) is 0 Å². The van der Waals surface area contributed by atoms with Crippen molar-refractivity contribution in [2.75, 3.05) is 74.2 Å². The third-order valence-corrected chi connectivity index (χ3v) is 29.7. The van der Waals surface area contributed by atoms with Crippen molar-refractivity contribution >= 4 is 0 Å². The Morgan fingerprint density at radius 3 is 1.11 bits per heavy atom. The van der Waals surface area contributed by atoms with Gasteiger partial charge in [-0.15, -0.1) is 0 Å². The molecule has 0 amide bonds. The molecule has 18 aliphatic rings. The number of methoxy groups -OCH3 is 3. The molecule has 0 heterocycles. The largest absolute Gasteiger partial charge is 0.381 e. The molecule has 8 unspecified atom stereocenters. The third kappa shape index (κ3) is 28.8. The summed E-state index contributed by atoms with van der Waals surface area (Å²) >= 11 is 0. The van der Waals surface area contributed by atoms with E-state index in [2.05, 4.69) is 125 Å². The van der Waals surface area contributed by atoms with E-state index in [1.165, 1.54) is 173 Å². The lowest BCUT2D eigenvalue weighted by Gasteiger charge is -2.56. The van der Waals surface area contributed by atoms with Crippen LogP contribution in [-0.4, -0.2) is 116 Å². The van der Waals surface area contributed by atoms with Gasteiger partial charge in [0.2, 0.25) is 0 Å². The van der Waals surface area contributed by atoms with E-state index in [1.807, 2.05) is 6.92 Å². The quantitative estimate of drug-likeness (QED) is 0.0938. The van der Waals surface area contributed by atoms with Crippen LogP contribution in [0.15, 0.2) is 0 Å². The molecule has 0 spiro atoms. The van der Waals surface area contributed by atoms with Crippen LogP contribution in [0.4, 0.5) is 0 Å². The molecule has 8 atom stereocenters. The molecule has 0 aliphatic heterocycles. The zero-order chi connectivity index (χ0) is 73.8. The maximum atomic E-state index is 6.04. The van der Waals surface area contributed by atoms with E-state index in [-0.39, 0.29) is 0 Å². The molecule has 9 heteroatoms. The third-order valence-electron chi connectivity index (χ3n) is 29.7. The van der Waals surface area contributed by atoms with Gasteiger partial charge in [0.1, 0.15) is 0 Å². The zero-order valence-corrected chi connectivity index (χ0v) is 71.1. The van der Waals surface area contributed by atoms with Gasteiger partial charge in [-0.1, -0.05) is 107 Å². The molecule has 18 fully saturated rings. The molecule has 596 valence electrons. The number of hydrogen-bond donors (Lipinski definition) is 0.